The van der Waals surface area contributed by atoms with Gasteiger partial charge in [0.25, 0.3) is 0 Å². The fraction of sp³-hybridized carbons (Fsp3) is 0.520. The molecule has 2 aromatic rings. The van der Waals surface area contributed by atoms with E-state index in [0.717, 1.165) is 81.5 Å². The smallest absolute Gasteiger partial charge is 0.225 e. The highest BCUT2D eigenvalue weighted by molar-refractivity contribution is 9.10. The first-order valence-electron chi connectivity index (χ1n) is 11.7. The van der Waals surface area contributed by atoms with Crippen LogP contribution in [0.1, 0.15) is 43.2 Å². The summed E-state index contributed by atoms with van der Waals surface area (Å²) in [4.78, 5) is 21.8. The molecule has 0 bridgehead atoms. The van der Waals surface area contributed by atoms with E-state index in [0.29, 0.717) is 11.7 Å². The Morgan fingerprint density at radius 1 is 1.12 bits per heavy atom. The average Bonchev–Trinajstić information content (AvgIpc) is 2.80. The van der Waals surface area contributed by atoms with Gasteiger partial charge in [0.2, 0.25) is 5.91 Å². The maximum Gasteiger partial charge on any atom is 0.225 e. The van der Waals surface area contributed by atoms with Crippen molar-refractivity contribution in [1.29, 1.82) is 0 Å². The number of fused-ring (bicyclic) bond motifs is 1. The first-order chi connectivity index (χ1) is 15.5. The molecule has 6 nitrogen and oxygen atoms in total. The molecule has 1 aromatic carbocycles. The van der Waals surface area contributed by atoms with Gasteiger partial charge in [0.15, 0.2) is 0 Å². The van der Waals surface area contributed by atoms with Crippen molar-refractivity contribution >= 4 is 27.7 Å². The van der Waals surface area contributed by atoms with Crippen molar-refractivity contribution in [2.75, 3.05) is 31.9 Å². The molecule has 0 atom stereocenters. The summed E-state index contributed by atoms with van der Waals surface area (Å²) in [5.74, 6) is 2.07. The van der Waals surface area contributed by atoms with Crippen LogP contribution >= 0.6 is 15.9 Å². The normalized spacial score (nSPS) is 21.2. The number of anilines is 1. The van der Waals surface area contributed by atoms with Crippen LogP contribution in [0.2, 0.25) is 0 Å². The van der Waals surface area contributed by atoms with Gasteiger partial charge in [0.05, 0.1) is 0 Å². The Bertz CT molecular complexity index is 982. The predicted molar refractivity (Wildman–Crippen MR) is 128 cm³/mol. The lowest BCUT2D eigenvalue weighted by Crippen LogP contribution is -2.53. The second-order valence-electron chi connectivity index (χ2n) is 9.50. The van der Waals surface area contributed by atoms with E-state index < -0.39 is 0 Å². The first kappa shape index (κ1) is 21.7. The summed E-state index contributed by atoms with van der Waals surface area (Å²) in [6.07, 6.45) is 7.56. The van der Waals surface area contributed by atoms with Crippen molar-refractivity contribution in [2.24, 2.45) is 5.92 Å². The van der Waals surface area contributed by atoms with Crippen LogP contribution in [0.4, 0.5) is 5.82 Å². The zero-order chi connectivity index (χ0) is 22.1. The summed E-state index contributed by atoms with van der Waals surface area (Å²) < 4.78 is 7.59. The third-order valence-electron chi connectivity index (χ3n) is 7.37. The molecule has 0 aliphatic carbocycles. The van der Waals surface area contributed by atoms with Crippen LogP contribution in [0.25, 0.3) is 0 Å². The number of hydrogen-bond donors (Lipinski definition) is 1. The predicted octanol–water partition coefficient (Wildman–Crippen LogP) is 4.02. The Labute approximate surface area is 198 Å². The molecule has 0 unspecified atom stereocenters. The van der Waals surface area contributed by atoms with E-state index in [9.17, 15) is 4.79 Å². The number of hydrogen-bond acceptors (Lipinski definition) is 5. The lowest BCUT2D eigenvalue weighted by Gasteiger charge is -2.45. The van der Waals surface area contributed by atoms with Gasteiger partial charge in [-0.15, -0.1) is 0 Å². The maximum absolute atomic E-state index is 13.2. The Morgan fingerprint density at radius 3 is 2.66 bits per heavy atom. The lowest BCUT2D eigenvalue weighted by molar-refractivity contribution is -0.141. The van der Waals surface area contributed by atoms with Crippen molar-refractivity contribution in [3.05, 3.63) is 52.1 Å². The number of nitrogen functional groups attached to an aromatic ring is 1. The van der Waals surface area contributed by atoms with Crippen molar-refractivity contribution in [2.45, 2.75) is 50.7 Å². The topological polar surface area (TPSA) is 71.7 Å². The van der Waals surface area contributed by atoms with Crippen molar-refractivity contribution < 1.29 is 9.53 Å². The van der Waals surface area contributed by atoms with Crippen LogP contribution in [0.5, 0.6) is 5.75 Å². The van der Waals surface area contributed by atoms with E-state index in [4.69, 9.17) is 10.5 Å². The fourth-order valence-corrected chi connectivity index (χ4v) is 5.83. The van der Waals surface area contributed by atoms with Crippen LogP contribution < -0.4 is 10.5 Å². The Hall–Kier alpha value is -2.12. The number of halogens is 1. The molecule has 2 saturated heterocycles. The third kappa shape index (κ3) is 4.64. The number of amides is 1. The number of ether oxygens (including phenoxy) is 1. The van der Waals surface area contributed by atoms with Gasteiger partial charge in [-0.25, -0.2) is 4.98 Å². The number of carbonyl (C=O) groups excluding carboxylic acids is 1. The van der Waals surface area contributed by atoms with Gasteiger partial charge in [-0.05, 0) is 80.2 Å². The standard InChI is InChI=1S/C25H31BrN4O2/c26-21-1-2-22-20(16-21)3-7-25(32-22)8-13-30(14-9-25)24(31)19-5-11-29(12-6-19)17-18-4-10-28-23(27)15-18/h1-2,4,10,15-16,19H,3,5-9,11-14,17H2,(H2,27,28). The van der Waals surface area contributed by atoms with Gasteiger partial charge >= 0.3 is 0 Å². The number of rotatable bonds is 3. The number of aryl methyl sites for hydroxylation is 1. The number of pyridine rings is 1. The van der Waals surface area contributed by atoms with E-state index in [2.05, 4.69) is 42.8 Å². The van der Waals surface area contributed by atoms with E-state index in [1.165, 1.54) is 11.1 Å². The molecule has 0 saturated carbocycles. The molecule has 1 aromatic heterocycles. The average molecular weight is 499 g/mol. The summed E-state index contributed by atoms with van der Waals surface area (Å²) >= 11 is 3.55. The van der Waals surface area contributed by atoms with Crippen LogP contribution in [0, 0.1) is 5.92 Å². The summed E-state index contributed by atoms with van der Waals surface area (Å²) in [6.45, 7) is 4.38. The minimum Gasteiger partial charge on any atom is -0.487 e. The summed E-state index contributed by atoms with van der Waals surface area (Å²) in [6, 6.07) is 10.2. The third-order valence-corrected chi connectivity index (χ3v) is 7.87. The highest BCUT2D eigenvalue weighted by atomic mass is 79.9. The zero-order valence-electron chi connectivity index (χ0n) is 18.4. The molecule has 32 heavy (non-hydrogen) atoms. The summed E-state index contributed by atoms with van der Waals surface area (Å²) in [5, 5.41) is 0. The van der Waals surface area contributed by atoms with E-state index in [1.54, 1.807) is 6.20 Å². The molecule has 7 heteroatoms. The minimum atomic E-state index is -0.104. The van der Waals surface area contributed by atoms with E-state index >= 15 is 0 Å². The van der Waals surface area contributed by atoms with Crippen LogP contribution in [-0.2, 0) is 17.8 Å². The van der Waals surface area contributed by atoms with Crippen LogP contribution in [0.3, 0.4) is 0 Å². The molecule has 3 aliphatic heterocycles. The van der Waals surface area contributed by atoms with Gasteiger partial charge in [-0.1, -0.05) is 15.9 Å². The monoisotopic (exact) mass is 498 g/mol. The Morgan fingerprint density at radius 2 is 1.91 bits per heavy atom. The van der Waals surface area contributed by atoms with Gasteiger partial charge in [-0.3, -0.25) is 9.69 Å². The maximum atomic E-state index is 13.2. The van der Waals surface area contributed by atoms with E-state index in [-0.39, 0.29) is 11.5 Å². The molecular weight excluding hydrogens is 468 g/mol. The molecule has 1 amide bonds. The molecule has 3 aliphatic rings. The number of likely N-dealkylation sites (tertiary alicyclic amines) is 2. The van der Waals surface area contributed by atoms with Gasteiger partial charge in [0, 0.05) is 49.1 Å². The SMILES string of the molecule is Nc1cc(CN2CCC(C(=O)N3CCC4(CCc5cc(Br)ccc5O4)CC3)CC2)ccn1. The van der Waals surface area contributed by atoms with Crippen LogP contribution in [0.15, 0.2) is 41.0 Å². The zero-order valence-corrected chi connectivity index (χ0v) is 20.0. The van der Waals surface area contributed by atoms with Gasteiger partial charge in [-0.2, -0.15) is 0 Å². The molecule has 170 valence electrons. The number of nitrogens with two attached hydrogens (primary N) is 1. The molecule has 0 radical (unpaired) electrons. The molecule has 1 spiro atoms. The Kier molecular flexibility index (Phi) is 6.12. The van der Waals surface area contributed by atoms with Gasteiger partial charge in [0.1, 0.15) is 17.2 Å². The molecule has 2 fully saturated rings. The number of aromatic nitrogens is 1. The fourth-order valence-electron chi connectivity index (χ4n) is 5.42. The van der Waals surface area contributed by atoms with E-state index in [1.807, 2.05) is 18.2 Å². The second-order valence-corrected chi connectivity index (χ2v) is 10.4. The number of nitrogens with zero attached hydrogens (tertiary/aromatic N) is 3. The second kappa shape index (κ2) is 9.02. The van der Waals surface area contributed by atoms with Gasteiger partial charge < -0.3 is 15.4 Å². The molecular formula is C25H31BrN4O2. The molecule has 2 N–H and O–H groups in total. The highest BCUT2D eigenvalue weighted by Crippen LogP contribution is 2.40. The molecule has 5 rings (SSSR count). The number of benzene rings is 1. The van der Waals surface area contributed by atoms with Crippen molar-refractivity contribution in [3.63, 3.8) is 0 Å². The largest absolute Gasteiger partial charge is 0.487 e. The van der Waals surface area contributed by atoms with Crippen molar-refractivity contribution in [1.82, 2.24) is 14.8 Å². The summed E-state index contributed by atoms with van der Waals surface area (Å²) in [5.41, 5.74) is 8.16. The summed E-state index contributed by atoms with van der Waals surface area (Å²) in [7, 11) is 0. The van der Waals surface area contributed by atoms with Crippen molar-refractivity contribution in [3.8, 4) is 5.75 Å². The Balaban J connectivity index is 1.12. The minimum absolute atomic E-state index is 0.104. The van der Waals surface area contributed by atoms with Crippen LogP contribution in [-0.4, -0.2) is 52.5 Å². The number of piperidine rings is 2. The highest BCUT2D eigenvalue weighted by Gasteiger charge is 2.41. The number of carbonyl (C=O) groups is 1. The first-order valence-corrected chi connectivity index (χ1v) is 12.5. The quantitative estimate of drug-likeness (QED) is 0.691. The lowest BCUT2D eigenvalue weighted by atomic mass is 9.82. The molecule has 4 heterocycles.